The number of rotatable bonds is 4. The van der Waals surface area contributed by atoms with Crippen LogP contribution in [-0.2, 0) is 6.42 Å². The van der Waals surface area contributed by atoms with Crippen LogP contribution in [-0.4, -0.2) is 6.61 Å². The summed E-state index contributed by atoms with van der Waals surface area (Å²) in [5.41, 5.74) is 7.36. The highest BCUT2D eigenvalue weighted by molar-refractivity contribution is 6.37. The average molecular weight is 282 g/mol. The normalized spacial score (nSPS) is 10.3. The standard InChI is InChI=1S/C14H13Cl2NO/c15-12-8-11(17)9-13(16)14(12)18-7-6-10-4-2-1-3-5-10/h1-5,8-9H,6-7,17H2. The van der Waals surface area contributed by atoms with Crippen molar-refractivity contribution in [2.75, 3.05) is 12.3 Å². The third kappa shape index (κ3) is 3.31. The fraction of sp³-hybridized carbons (Fsp3) is 0.143. The fourth-order valence-electron chi connectivity index (χ4n) is 1.63. The van der Waals surface area contributed by atoms with Crippen LogP contribution in [0.25, 0.3) is 0 Å². The van der Waals surface area contributed by atoms with Crippen molar-refractivity contribution in [2.24, 2.45) is 0 Å². The van der Waals surface area contributed by atoms with Crippen LogP contribution in [0, 0.1) is 0 Å². The molecule has 2 nitrogen and oxygen atoms in total. The number of hydrogen-bond donors (Lipinski definition) is 1. The van der Waals surface area contributed by atoms with Gasteiger partial charge in [-0.15, -0.1) is 0 Å². The van der Waals surface area contributed by atoms with E-state index in [-0.39, 0.29) is 0 Å². The molecule has 0 radical (unpaired) electrons. The quantitative estimate of drug-likeness (QED) is 0.853. The van der Waals surface area contributed by atoms with Crippen LogP contribution < -0.4 is 10.5 Å². The third-order valence-electron chi connectivity index (χ3n) is 2.50. The van der Waals surface area contributed by atoms with Gasteiger partial charge in [-0.05, 0) is 17.7 Å². The van der Waals surface area contributed by atoms with Crippen molar-refractivity contribution in [3.63, 3.8) is 0 Å². The molecule has 0 spiro atoms. The highest BCUT2D eigenvalue weighted by Gasteiger charge is 2.08. The van der Waals surface area contributed by atoms with Gasteiger partial charge in [0.2, 0.25) is 0 Å². The Kier molecular flexibility index (Phi) is 4.34. The monoisotopic (exact) mass is 281 g/mol. The number of nitrogens with two attached hydrogens (primary N) is 1. The second-order valence-corrected chi connectivity index (χ2v) is 4.71. The highest BCUT2D eigenvalue weighted by Crippen LogP contribution is 2.35. The van der Waals surface area contributed by atoms with E-state index in [1.54, 1.807) is 12.1 Å². The Morgan fingerprint density at radius 3 is 2.22 bits per heavy atom. The first kappa shape index (κ1) is 13.1. The molecule has 0 fully saturated rings. The predicted octanol–water partition coefficient (Wildman–Crippen LogP) is 4.20. The molecule has 0 saturated heterocycles. The van der Waals surface area contributed by atoms with Crippen molar-refractivity contribution in [1.29, 1.82) is 0 Å². The molecule has 18 heavy (non-hydrogen) atoms. The molecular weight excluding hydrogens is 269 g/mol. The summed E-state index contributed by atoms with van der Waals surface area (Å²) in [5.74, 6) is 0.489. The summed E-state index contributed by atoms with van der Waals surface area (Å²) >= 11 is 12.1. The molecule has 0 unspecified atom stereocenters. The minimum Gasteiger partial charge on any atom is -0.490 e. The van der Waals surface area contributed by atoms with E-state index in [0.29, 0.717) is 28.1 Å². The van der Waals surface area contributed by atoms with Crippen LogP contribution in [0.2, 0.25) is 10.0 Å². The Hall–Kier alpha value is -1.38. The number of anilines is 1. The lowest BCUT2D eigenvalue weighted by molar-refractivity contribution is 0.322. The van der Waals surface area contributed by atoms with Crippen LogP contribution in [0.3, 0.4) is 0 Å². The molecule has 2 aromatic rings. The number of nitrogen functional groups attached to an aromatic ring is 1. The van der Waals surface area contributed by atoms with Crippen LogP contribution in [0.5, 0.6) is 5.75 Å². The van der Waals surface area contributed by atoms with E-state index in [1.165, 1.54) is 5.56 Å². The molecule has 94 valence electrons. The van der Waals surface area contributed by atoms with Gasteiger partial charge in [0, 0.05) is 12.1 Å². The van der Waals surface area contributed by atoms with E-state index >= 15 is 0 Å². The molecule has 0 aliphatic rings. The molecule has 0 saturated carbocycles. The van der Waals surface area contributed by atoms with Crippen molar-refractivity contribution in [3.8, 4) is 5.75 Å². The van der Waals surface area contributed by atoms with E-state index < -0.39 is 0 Å². The Morgan fingerprint density at radius 2 is 1.61 bits per heavy atom. The molecular formula is C14H13Cl2NO. The van der Waals surface area contributed by atoms with E-state index in [2.05, 4.69) is 12.1 Å². The second kappa shape index (κ2) is 5.98. The van der Waals surface area contributed by atoms with Gasteiger partial charge in [-0.2, -0.15) is 0 Å². The minimum absolute atomic E-state index is 0.438. The largest absolute Gasteiger partial charge is 0.490 e. The smallest absolute Gasteiger partial charge is 0.156 e. The lowest BCUT2D eigenvalue weighted by atomic mass is 10.2. The zero-order chi connectivity index (χ0) is 13.0. The van der Waals surface area contributed by atoms with Gasteiger partial charge in [-0.1, -0.05) is 53.5 Å². The molecule has 0 bridgehead atoms. The summed E-state index contributed by atoms with van der Waals surface area (Å²) < 4.78 is 5.61. The van der Waals surface area contributed by atoms with Crippen LogP contribution in [0.15, 0.2) is 42.5 Å². The van der Waals surface area contributed by atoms with E-state index in [1.807, 2.05) is 18.2 Å². The van der Waals surface area contributed by atoms with Crippen LogP contribution >= 0.6 is 23.2 Å². The summed E-state index contributed by atoms with van der Waals surface area (Å²) in [6.07, 6.45) is 0.803. The summed E-state index contributed by atoms with van der Waals surface area (Å²) in [7, 11) is 0. The molecule has 0 amide bonds. The minimum atomic E-state index is 0.438. The SMILES string of the molecule is Nc1cc(Cl)c(OCCc2ccccc2)c(Cl)c1. The van der Waals surface area contributed by atoms with Crippen molar-refractivity contribution in [3.05, 3.63) is 58.1 Å². The van der Waals surface area contributed by atoms with E-state index in [0.717, 1.165) is 6.42 Å². The van der Waals surface area contributed by atoms with Gasteiger partial charge < -0.3 is 10.5 Å². The highest BCUT2D eigenvalue weighted by atomic mass is 35.5. The maximum absolute atomic E-state index is 6.03. The first-order valence-electron chi connectivity index (χ1n) is 5.58. The van der Waals surface area contributed by atoms with Gasteiger partial charge >= 0.3 is 0 Å². The van der Waals surface area contributed by atoms with Gasteiger partial charge in [0.1, 0.15) is 0 Å². The molecule has 0 aliphatic carbocycles. The summed E-state index contributed by atoms with van der Waals surface area (Å²) in [4.78, 5) is 0. The Bertz CT molecular complexity index is 506. The van der Waals surface area contributed by atoms with Gasteiger partial charge in [0.05, 0.1) is 16.7 Å². The second-order valence-electron chi connectivity index (χ2n) is 3.90. The summed E-state index contributed by atoms with van der Waals surface area (Å²) in [6, 6.07) is 13.3. The third-order valence-corrected chi connectivity index (χ3v) is 3.06. The van der Waals surface area contributed by atoms with Crippen molar-refractivity contribution < 1.29 is 4.74 Å². The summed E-state index contributed by atoms with van der Waals surface area (Å²) in [6.45, 7) is 0.521. The first-order chi connectivity index (χ1) is 8.66. The maximum Gasteiger partial charge on any atom is 0.156 e. The lowest BCUT2D eigenvalue weighted by Gasteiger charge is -2.10. The predicted molar refractivity (Wildman–Crippen MR) is 76.5 cm³/mol. The number of halogens is 2. The zero-order valence-electron chi connectivity index (χ0n) is 9.70. The Labute approximate surface area is 116 Å². The van der Waals surface area contributed by atoms with E-state index in [4.69, 9.17) is 33.7 Å². The maximum atomic E-state index is 6.03. The molecule has 2 rings (SSSR count). The number of benzene rings is 2. The average Bonchev–Trinajstić information content (AvgIpc) is 2.34. The number of hydrogen-bond acceptors (Lipinski definition) is 2. The zero-order valence-corrected chi connectivity index (χ0v) is 11.2. The van der Waals surface area contributed by atoms with Gasteiger partial charge in [-0.3, -0.25) is 0 Å². The van der Waals surface area contributed by atoms with Gasteiger partial charge in [0.25, 0.3) is 0 Å². The van der Waals surface area contributed by atoms with Gasteiger partial charge in [-0.25, -0.2) is 0 Å². The molecule has 4 heteroatoms. The van der Waals surface area contributed by atoms with Crippen LogP contribution in [0.4, 0.5) is 5.69 Å². The summed E-state index contributed by atoms with van der Waals surface area (Å²) in [5, 5.41) is 0.876. The van der Waals surface area contributed by atoms with Crippen molar-refractivity contribution in [2.45, 2.75) is 6.42 Å². The Morgan fingerprint density at radius 1 is 1.00 bits per heavy atom. The van der Waals surface area contributed by atoms with E-state index in [9.17, 15) is 0 Å². The Balaban J connectivity index is 1.99. The van der Waals surface area contributed by atoms with Gasteiger partial charge in [0.15, 0.2) is 5.75 Å². The molecule has 0 atom stereocenters. The molecule has 2 aromatic carbocycles. The van der Waals surface area contributed by atoms with Crippen LogP contribution in [0.1, 0.15) is 5.56 Å². The molecule has 2 N–H and O–H groups in total. The first-order valence-corrected chi connectivity index (χ1v) is 6.33. The van der Waals surface area contributed by atoms with Crippen molar-refractivity contribution >= 4 is 28.9 Å². The molecule has 0 heterocycles. The number of ether oxygens (including phenoxy) is 1. The fourth-order valence-corrected chi connectivity index (χ4v) is 2.25. The molecule has 0 aliphatic heterocycles. The molecule has 0 aromatic heterocycles. The topological polar surface area (TPSA) is 35.2 Å². The van der Waals surface area contributed by atoms with Crippen molar-refractivity contribution in [1.82, 2.24) is 0 Å². The lowest BCUT2D eigenvalue weighted by Crippen LogP contribution is -2.02.